The number of aryl methyl sites for hydroxylation is 1. The van der Waals surface area contributed by atoms with Gasteiger partial charge in [0.05, 0.1) is 12.1 Å². The molecule has 2 heterocycles. The van der Waals surface area contributed by atoms with E-state index in [1.807, 2.05) is 13.8 Å². The maximum absolute atomic E-state index is 12.1. The number of amides is 1. The van der Waals surface area contributed by atoms with Crippen LogP contribution in [-0.2, 0) is 4.79 Å². The van der Waals surface area contributed by atoms with E-state index in [9.17, 15) is 10.1 Å². The summed E-state index contributed by atoms with van der Waals surface area (Å²) in [6.07, 6.45) is 0. The molecule has 0 spiro atoms. The summed E-state index contributed by atoms with van der Waals surface area (Å²) in [6, 6.07) is 2.53. The molecule has 1 atom stereocenters. The lowest BCUT2D eigenvalue weighted by molar-refractivity contribution is -0.118. The van der Waals surface area contributed by atoms with Gasteiger partial charge in [0.2, 0.25) is 5.91 Å². The van der Waals surface area contributed by atoms with Crippen molar-refractivity contribution in [2.75, 3.05) is 31.5 Å². The first-order chi connectivity index (χ1) is 9.52. The number of nitriles is 1. The van der Waals surface area contributed by atoms with Crippen LogP contribution in [-0.4, -0.2) is 43.0 Å². The standard InChI is InChI=1S/C14H20N4OS/c1-9-7-16-4-5-18(9)8-13(19)17-14-12(6-15)10(2)11(3)20-14/h9,16H,4-5,7-8H2,1-3H3,(H,17,19)/t9-/m1/s1. The first-order valence-electron chi connectivity index (χ1n) is 6.77. The summed E-state index contributed by atoms with van der Waals surface area (Å²) in [5.41, 5.74) is 1.55. The quantitative estimate of drug-likeness (QED) is 0.885. The number of carbonyl (C=O) groups excluding carboxylic acids is 1. The third-order valence-electron chi connectivity index (χ3n) is 3.74. The lowest BCUT2D eigenvalue weighted by Crippen LogP contribution is -2.51. The Labute approximate surface area is 123 Å². The molecule has 0 bridgehead atoms. The van der Waals surface area contributed by atoms with E-state index >= 15 is 0 Å². The zero-order valence-electron chi connectivity index (χ0n) is 12.1. The van der Waals surface area contributed by atoms with Gasteiger partial charge >= 0.3 is 0 Å². The first kappa shape index (κ1) is 15.0. The van der Waals surface area contributed by atoms with Crippen LogP contribution in [0.25, 0.3) is 0 Å². The van der Waals surface area contributed by atoms with Crippen LogP contribution in [0.5, 0.6) is 0 Å². The molecule has 108 valence electrons. The van der Waals surface area contributed by atoms with Crippen LogP contribution in [0.4, 0.5) is 5.00 Å². The largest absolute Gasteiger partial charge is 0.315 e. The molecule has 0 unspecified atom stereocenters. The molecule has 1 saturated heterocycles. The maximum Gasteiger partial charge on any atom is 0.239 e. The highest BCUT2D eigenvalue weighted by Gasteiger charge is 2.21. The number of hydrogen-bond acceptors (Lipinski definition) is 5. The Balaban J connectivity index is 2.01. The zero-order chi connectivity index (χ0) is 14.7. The van der Waals surface area contributed by atoms with Crippen LogP contribution >= 0.6 is 11.3 Å². The summed E-state index contributed by atoms with van der Waals surface area (Å²) in [5, 5.41) is 16.0. The highest BCUT2D eigenvalue weighted by Crippen LogP contribution is 2.31. The van der Waals surface area contributed by atoms with Crippen LogP contribution in [0.15, 0.2) is 0 Å². The maximum atomic E-state index is 12.1. The molecule has 2 N–H and O–H groups in total. The van der Waals surface area contributed by atoms with Gasteiger partial charge in [-0.05, 0) is 26.3 Å². The van der Waals surface area contributed by atoms with Gasteiger partial charge in [-0.1, -0.05) is 0 Å². The molecule has 1 aliphatic rings. The first-order valence-corrected chi connectivity index (χ1v) is 7.59. The van der Waals surface area contributed by atoms with E-state index in [2.05, 4.69) is 28.5 Å². The van der Waals surface area contributed by atoms with Gasteiger partial charge in [-0.2, -0.15) is 5.26 Å². The van der Waals surface area contributed by atoms with Crippen molar-refractivity contribution in [2.24, 2.45) is 0 Å². The van der Waals surface area contributed by atoms with E-state index in [1.165, 1.54) is 11.3 Å². The van der Waals surface area contributed by atoms with Crippen LogP contribution in [0, 0.1) is 25.2 Å². The van der Waals surface area contributed by atoms with Gasteiger partial charge in [-0.25, -0.2) is 0 Å². The number of anilines is 1. The Morgan fingerprint density at radius 1 is 1.60 bits per heavy atom. The number of hydrogen-bond donors (Lipinski definition) is 2. The highest BCUT2D eigenvalue weighted by atomic mass is 32.1. The molecule has 1 aromatic rings. The molecule has 1 aliphatic heterocycles. The van der Waals surface area contributed by atoms with Crippen molar-refractivity contribution in [2.45, 2.75) is 26.8 Å². The number of nitrogens with one attached hydrogen (secondary N) is 2. The van der Waals surface area contributed by atoms with Crippen LogP contribution in [0.3, 0.4) is 0 Å². The lowest BCUT2D eigenvalue weighted by atomic mass is 10.2. The smallest absolute Gasteiger partial charge is 0.239 e. The third-order valence-corrected chi connectivity index (χ3v) is 4.86. The normalized spacial score (nSPS) is 19.6. The molecule has 1 fully saturated rings. The van der Waals surface area contributed by atoms with Gasteiger partial charge in [-0.15, -0.1) is 11.3 Å². The monoisotopic (exact) mass is 292 g/mol. The Hall–Kier alpha value is -1.42. The summed E-state index contributed by atoms with van der Waals surface area (Å²) in [6.45, 7) is 9.07. The number of thiophene rings is 1. The van der Waals surface area contributed by atoms with Crippen molar-refractivity contribution in [3.05, 3.63) is 16.0 Å². The van der Waals surface area contributed by atoms with E-state index in [-0.39, 0.29) is 5.91 Å². The second kappa shape index (κ2) is 6.35. The summed E-state index contributed by atoms with van der Waals surface area (Å²) in [4.78, 5) is 15.4. The highest BCUT2D eigenvalue weighted by molar-refractivity contribution is 7.16. The van der Waals surface area contributed by atoms with Gasteiger partial charge in [0, 0.05) is 30.6 Å². The summed E-state index contributed by atoms with van der Waals surface area (Å²) in [7, 11) is 0. The van der Waals surface area contributed by atoms with Crippen molar-refractivity contribution in [3.63, 3.8) is 0 Å². The topological polar surface area (TPSA) is 68.2 Å². The molecule has 1 aromatic heterocycles. The van der Waals surface area contributed by atoms with Crippen molar-refractivity contribution in [1.29, 1.82) is 5.26 Å². The molecule has 1 amide bonds. The van der Waals surface area contributed by atoms with Gasteiger partial charge < -0.3 is 10.6 Å². The summed E-state index contributed by atoms with van der Waals surface area (Å²) >= 11 is 1.47. The molecule has 0 aliphatic carbocycles. The Morgan fingerprint density at radius 3 is 3.00 bits per heavy atom. The van der Waals surface area contributed by atoms with E-state index in [1.54, 1.807) is 0 Å². The van der Waals surface area contributed by atoms with Crippen molar-refractivity contribution < 1.29 is 4.79 Å². The summed E-state index contributed by atoms with van der Waals surface area (Å²) < 4.78 is 0. The van der Waals surface area contributed by atoms with Crippen molar-refractivity contribution in [1.82, 2.24) is 10.2 Å². The number of nitrogens with zero attached hydrogens (tertiary/aromatic N) is 2. The predicted molar refractivity (Wildman–Crippen MR) is 81.0 cm³/mol. The molecule has 0 radical (unpaired) electrons. The number of carbonyl (C=O) groups is 1. The van der Waals surface area contributed by atoms with Crippen LogP contribution in [0.1, 0.15) is 22.9 Å². The average Bonchev–Trinajstić information content (AvgIpc) is 2.67. The third kappa shape index (κ3) is 3.18. The Kier molecular flexibility index (Phi) is 4.76. The molecule has 5 nitrogen and oxygen atoms in total. The minimum Gasteiger partial charge on any atom is -0.315 e. The molecule has 0 aromatic carbocycles. The van der Waals surface area contributed by atoms with Crippen molar-refractivity contribution >= 4 is 22.2 Å². The second-order valence-electron chi connectivity index (χ2n) is 5.17. The fourth-order valence-electron chi connectivity index (χ4n) is 2.32. The SMILES string of the molecule is Cc1sc(NC(=O)CN2CCNC[C@H]2C)c(C#N)c1C. The molecule has 20 heavy (non-hydrogen) atoms. The predicted octanol–water partition coefficient (Wildman–Crippen LogP) is 1.47. The molecule has 6 heteroatoms. The second-order valence-corrected chi connectivity index (χ2v) is 6.40. The molecule has 0 saturated carbocycles. The number of piperazine rings is 1. The van der Waals surface area contributed by atoms with Crippen molar-refractivity contribution in [3.8, 4) is 6.07 Å². The van der Waals surface area contributed by atoms with E-state index in [0.29, 0.717) is 23.2 Å². The average molecular weight is 292 g/mol. The van der Waals surface area contributed by atoms with Gasteiger partial charge in [0.1, 0.15) is 11.1 Å². The minimum atomic E-state index is -0.0449. The van der Waals surface area contributed by atoms with E-state index < -0.39 is 0 Å². The fourth-order valence-corrected chi connectivity index (χ4v) is 3.35. The van der Waals surface area contributed by atoms with Crippen LogP contribution < -0.4 is 10.6 Å². The van der Waals surface area contributed by atoms with E-state index in [4.69, 9.17) is 0 Å². The number of rotatable bonds is 3. The Morgan fingerprint density at radius 2 is 2.35 bits per heavy atom. The molecular formula is C14H20N4OS. The zero-order valence-corrected chi connectivity index (χ0v) is 12.9. The van der Waals surface area contributed by atoms with Crippen LogP contribution in [0.2, 0.25) is 0 Å². The molecule has 2 rings (SSSR count). The Bertz CT molecular complexity index is 546. The van der Waals surface area contributed by atoms with Gasteiger partial charge in [0.25, 0.3) is 0 Å². The fraction of sp³-hybridized carbons (Fsp3) is 0.571. The minimum absolute atomic E-state index is 0.0449. The van der Waals surface area contributed by atoms with Gasteiger partial charge in [0.15, 0.2) is 0 Å². The molecular weight excluding hydrogens is 272 g/mol. The summed E-state index contributed by atoms with van der Waals surface area (Å²) in [5.74, 6) is -0.0449. The lowest BCUT2D eigenvalue weighted by Gasteiger charge is -2.33. The van der Waals surface area contributed by atoms with E-state index in [0.717, 1.165) is 30.1 Å². The van der Waals surface area contributed by atoms with Gasteiger partial charge in [-0.3, -0.25) is 9.69 Å².